The van der Waals surface area contributed by atoms with Crippen LogP contribution in [-0.4, -0.2) is 51.4 Å². The van der Waals surface area contributed by atoms with E-state index in [-0.39, 0.29) is 36.5 Å². The Labute approximate surface area is 211 Å². The minimum Gasteiger partial charge on any atom is -0.491 e. The van der Waals surface area contributed by atoms with E-state index in [1.807, 2.05) is 6.92 Å². The number of anilines is 1. The lowest BCUT2D eigenvalue weighted by molar-refractivity contribution is 0.0521. The molecular weight excluding hydrogens is 489 g/mol. The summed E-state index contributed by atoms with van der Waals surface area (Å²) in [5.74, 6) is -4.31. The quantitative estimate of drug-likeness (QED) is 0.379. The second-order valence-electron chi connectivity index (χ2n) is 9.08. The molecule has 196 valence electrons. The van der Waals surface area contributed by atoms with Crippen molar-refractivity contribution >= 4 is 11.6 Å². The monoisotopic (exact) mass is 516 g/mol. The highest BCUT2D eigenvalue weighted by Crippen LogP contribution is 2.38. The minimum absolute atomic E-state index is 0.0433. The van der Waals surface area contributed by atoms with E-state index < -0.39 is 46.8 Å². The van der Waals surface area contributed by atoms with Crippen LogP contribution in [0, 0.1) is 23.4 Å². The Balaban J connectivity index is 1.61. The molecule has 1 saturated carbocycles. The lowest BCUT2D eigenvalue weighted by atomic mass is 9.74. The molecule has 3 aromatic rings. The molecule has 0 unspecified atom stereocenters. The summed E-state index contributed by atoms with van der Waals surface area (Å²) in [6.07, 6.45) is 3.59. The third kappa shape index (κ3) is 5.74. The Hall–Kier alpha value is -3.54. The molecule has 0 saturated heterocycles. The molecule has 1 aromatic carbocycles. The largest absolute Gasteiger partial charge is 0.491 e. The molecular formula is C26H27F3N4O4. The van der Waals surface area contributed by atoms with Crippen LogP contribution in [0.5, 0.6) is 5.75 Å². The van der Waals surface area contributed by atoms with Gasteiger partial charge in [0.15, 0.2) is 0 Å². The van der Waals surface area contributed by atoms with Gasteiger partial charge in [0.05, 0.1) is 30.2 Å². The number of aliphatic hydroxyl groups is 2. The number of nitrogens with one attached hydrogen (secondary N) is 1. The fraction of sp³-hybridized carbons (Fsp3) is 0.346. The van der Waals surface area contributed by atoms with E-state index in [0.29, 0.717) is 18.5 Å². The number of amides is 1. The van der Waals surface area contributed by atoms with Gasteiger partial charge < -0.3 is 26.0 Å². The van der Waals surface area contributed by atoms with Gasteiger partial charge in [0.25, 0.3) is 5.91 Å². The maximum absolute atomic E-state index is 14.7. The summed E-state index contributed by atoms with van der Waals surface area (Å²) in [5.41, 5.74) is 5.57. The Bertz CT molecular complexity index is 1260. The van der Waals surface area contributed by atoms with Crippen LogP contribution in [0.3, 0.4) is 0 Å². The van der Waals surface area contributed by atoms with Crippen molar-refractivity contribution in [2.75, 3.05) is 18.5 Å². The van der Waals surface area contributed by atoms with E-state index in [1.54, 1.807) is 12.3 Å². The first-order valence-corrected chi connectivity index (χ1v) is 11.8. The van der Waals surface area contributed by atoms with Gasteiger partial charge in [-0.15, -0.1) is 0 Å². The Kier molecular flexibility index (Phi) is 8.06. The highest BCUT2D eigenvalue weighted by Gasteiger charge is 2.34. The van der Waals surface area contributed by atoms with Crippen LogP contribution in [-0.2, 0) is 0 Å². The second-order valence-corrected chi connectivity index (χ2v) is 9.08. The van der Waals surface area contributed by atoms with Crippen molar-refractivity contribution in [3.8, 4) is 17.0 Å². The maximum atomic E-state index is 14.7. The predicted octanol–water partition coefficient (Wildman–Crippen LogP) is 3.39. The number of carbonyl (C=O) groups excluding carboxylic acids is 1. The summed E-state index contributed by atoms with van der Waals surface area (Å²) in [7, 11) is 0. The van der Waals surface area contributed by atoms with E-state index in [0.717, 1.165) is 29.8 Å². The molecule has 1 fully saturated rings. The third-order valence-corrected chi connectivity index (χ3v) is 6.47. The van der Waals surface area contributed by atoms with Crippen molar-refractivity contribution in [1.82, 2.24) is 9.97 Å². The number of aliphatic hydroxyl groups excluding tert-OH is 2. The summed E-state index contributed by atoms with van der Waals surface area (Å²) in [4.78, 5) is 21.0. The zero-order valence-corrected chi connectivity index (χ0v) is 20.0. The van der Waals surface area contributed by atoms with E-state index in [1.165, 1.54) is 6.20 Å². The SMILES string of the molecule is C[C@H]1C[C@@H](c2ccncc2NC(=O)c2ccc(F)c(-c3c(F)cc(OCCO)cc3F)n2)C[C@@H](N)[C@@H]1O. The molecule has 5 N–H and O–H groups in total. The summed E-state index contributed by atoms with van der Waals surface area (Å²) >= 11 is 0. The summed E-state index contributed by atoms with van der Waals surface area (Å²) in [5, 5.41) is 21.7. The number of nitrogens with zero attached hydrogens (tertiary/aromatic N) is 2. The standard InChI is InChI=1S/C26H27F3N4O4/c1-13-8-14(9-20(30)25(13)35)16-4-5-31-12-22(16)33-26(36)21-3-2-17(27)24(32-21)23-18(28)10-15(11-19(23)29)37-7-6-34/h2-5,10-14,20,25,34-35H,6-9,30H2,1H3,(H,33,36)/t13-,14+,20+,25+/m0/s1. The van der Waals surface area contributed by atoms with Crippen LogP contribution in [0.15, 0.2) is 42.7 Å². The Morgan fingerprint density at radius 1 is 1.16 bits per heavy atom. The molecule has 0 aliphatic heterocycles. The molecule has 1 amide bonds. The van der Waals surface area contributed by atoms with Crippen molar-refractivity contribution in [2.24, 2.45) is 11.7 Å². The number of pyridine rings is 2. The molecule has 11 heteroatoms. The van der Waals surface area contributed by atoms with Crippen molar-refractivity contribution in [1.29, 1.82) is 0 Å². The predicted molar refractivity (Wildman–Crippen MR) is 129 cm³/mol. The van der Waals surface area contributed by atoms with Crippen molar-refractivity contribution < 1.29 is 32.9 Å². The Morgan fingerprint density at radius 2 is 1.89 bits per heavy atom. The zero-order valence-electron chi connectivity index (χ0n) is 20.0. The second kappa shape index (κ2) is 11.2. The highest BCUT2D eigenvalue weighted by molar-refractivity contribution is 6.03. The van der Waals surface area contributed by atoms with Crippen molar-refractivity contribution in [3.63, 3.8) is 0 Å². The average molecular weight is 517 g/mol. The highest BCUT2D eigenvalue weighted by atomic mass is 19.1. The van der Waals surface area contributed by atoms with E-state index in [2.05, 4.69) is 15.3 Å². The molecule has 2 heterocycles. The number of ether oxygens (including phenoxy) is 1. The van der Waals surface area contributed by atoms with Gasteiger partial charge in [-0.05, 0) is 48.4 Å². The number of rotatable bonds is 7. The molecule has 8 nitrogen and oxygen atoms in total. The average Bonchev–Trinajstić information content (AvgIpc) is 2.86. The first-order valence-electron chi connectivity index (χ1n) is 11.8. The molecule has 1 aliphatic rings. The van der Waals surface area contributed by atoms with Gasteiger partial charge in [0.1, 0.15) is 41.2 Å². The molecule has 37 heavy (non-hydrogen) atoms. The first-order chi connectivity index (χ1) is 17.7. The smallest absolute Gasteiger partial charge is 0.274 e. The lowest BCUT2D eigenvalue weighted by Gasteiger charge is -2.36. The number of hydrogen-bond donors (Lipinski definition) is 4. The number of aromatic nitrogens is 2. The number of halogens is 3. The number of nitrogens with two attached hydrogens (primary N) is 1. The summed E-state index contributed by atoms with van der Waals surface area (Å²) in [6, 6.07) is 5.03. The lowest BCUT2D eigenvalue weighted by Crippen LogP contribution is -2.44. The van der Waals surface area contributed by atoms with Crippen molar-refractivity contribution in [3.05, 3.63) is 71.4 Å². The summed E-state index contributed by atoms with van der Waals surface area (Å²) < 4.78 is 49.0. The number of hydrogen-bond acceptors (Lipinski definition) is 7. The van der Waals surface area contributed by atoms with Gasteiger partial charge in [0.2, 0.25) is 0 Å². The molecule has 2 aromatic heterocycles. The van der Waals surface area contributed by atoms with E-state index in [9.17, 15) is 23.1 Å². The first kappa shape index (κ1) is 26.5. The third-order valence-electron chi connectivity index (χ3n) is 6.47. The Morgan fingerprint density at radius 3 is 2.57 bits per heavy atom. The molecule has 0 radical (unpaired) electrons. The molecule has 0 spiro atoms. The molecule has 1 aliphatic carbocycles. The van der Waals surface area contributed by atoms with Crippen LogP contribution in [0.2, 0.25) is 0 Å². The number of benzene rings is 1. The van der Waals surface area contributed by atoms with Crippen LogP contribution in [0.1, 0.15) is 41.7 Å². The van der Waals surface area contributed by atoms with E-state index in [4.69, 9.17) is 15.6 Å². The van der Waals surface area contributed by atoms with Gasteiger partial charge >= 0.3 is 0 Å². The van der Waals surface area contributed by atoms with Gasteiger partial charge in [0, 0.05) is 24.4 Å². The molecule has 0 bridgehead atoms. The molecule has 4 atom stereocenters. The van der Waals surface area contributed by atoms with Crippen LogP contribution >= 0.6 is 0 Å². The minimum atomic E-state index is -1.14. The van der Waals surface area contributed by atoms with Gasteiger partial charge in [-0.2, -0.15) is 0 Å². The van der Waals surface area contributed by atoms with Crippen LogP contribution in [0.25, 0.3) is 11.3 Å². The molecule has 4 rings (SSSR count). The maximum Gasteiger partial charge on any atom is 0.274 e. The van der Waals surface area contributed by atoms with E-state index >= 15 is 0 Å². The fourth-order valence-electron chi connectivity index (χ4n) is 4.65. The van der Waals surface area contributed by atoms with Crippen molar-refractivity contribution in [2.45, 2.75) is 37.8 Å². The normalized spacial score (nSPS) is 21.5. The van der Waals surface area contributed by atoms with Crippen LogP contribution < -0.4 is 15.8 Å². The van der Waals surface area contributed by atoms with Crippen LogP contribution in [0.4, 0.5) is 18.9 Å². The van der Waals surface area contributed by atoms with Gasteiger partial charge in [-0.1, -0.05) is 6.92 Å². The number of carbonyl (C=O) groups is 1. The van der Waals surface area contributed by atoms with Gasteiger partial charge in [-0.3, -0.25) is 9.78 Å². The zero-order chi connectivity index (χ0) is 26.7. The fourth-order valence-corrected chi connectivity index (χ4v) is 4.65. The topological polar surface area (TPSA) is 131 Å². The summed E-state index contributed by atoms with van der Waals surface area (Å²) in [6.45, 7) is 1.37. The van der Waals surface area contributed by atoms with Gasteiger partial charge in [-0.25, -0.2) is 18.2 Å².